The van der Waals surface area contributed by atoms with Gasteiger partial charge in [-0.15, -0.1) is 0 Å². The van der Waals surface area contributed by atoms with Crippen molar-refractivity contribution in [1.29, 1.82) is 0 Å². The van der Waals surface area contributed by atoms with E-state index in [0.29, 0.717) is 0 Å². The maximum absolute atomic E-state index is 11.7. The lowest BCUT2D eigenvalue weighted by Gasteiger charge is -2.13. The summed E-state index contributed by atoms with van der Waals surface area (Å²) in [6, 6.07) is 9.77. The number of nitrogens with two attached hydrogens (primary N) is 1. The van der Waals surface area contributed by atoms with Gasteiger partial charge in [-0.1, -0.05) is 37.3 Å². The standard InChI is InChI=1S/C15H23N3O2/c1-4-11(2)17-15(20)18-14(19)10-16-12(3)13-8-6-5-7-9-13/h5-9,11-12,16H,4,10H2,1-3H3,(H2,17,18,19,20)/p+1/t11-,12+/m0/s1. The first-order valence-electron chi connectivity index (χ1n) is 7.01. The number of hydrogen-bond acceptors (Lipinski definition) is 2. The van der Waals surface area contributed by atoms with Crippen molar-refractivity contribution in [3.05, 3.63) is 35.9 Å². The normalized spacial score (nSPS) is 13.3. The number of amides is 3. The number of urea groups is 1. The van der Waals surface area contributed by atoms with E-state index in [4.69, 9.17) is 0 Å². The largest absolute Gasteiger partial charge is 0.335 e. The average Bonchev–Trinajstić information content (AvgIpc) is 2.45. The minimum Gasteiger partial charge on any atom is -0.335 e. The van der Waals surface area contributed by atoms with Crippen LogP contribution in [0.1, 0.15) is 38.8 Å². The van der Waals surface area contributed by atoms with Crippen LogP contribution < -0.4 is 16.0 Å². The van der Waals surface area contributed by atoms with Crippen molar-refractivity contribution in [2.24, 2.45) is 0 Å². The predicted octanol–water partition coefficient (Wildman–Crippen LogP) is 0.935. The minimum absolute atomic E-state index is 0.0648. The summed E-state index contributed by atoms with van der Waals surface area (Å²) in [4.78, 5) is 23.1. The van der Waals surface area contributed by atoms with Gasteiger partial charge in [0.1, 0.15) is 6.04 Å². The molecule has 4 N–H and O–H groups in total. The van der Waals surface area contributed by atoms with Gasteiger partial charge in [-0.05, 0) is 20.3 Å². The second-order valence-electron chi connectivity index (χ2n) is 4.97. The highest BCUT2D eigenvalue weighted by molar-refractivity contribution is 5.94. The second-order valence-corrected chi connectivity index (χ2v) is 4.97. The highest BCUT2D eigenvalue weighted by Crippen LogP contribution is 2.05. The zero-order chi connectivity index (χ0) is 15.0. The lowest BCUT2D eigenvalue weighted by atomic mass is 10.1. The molecule has 0 heterocycles. The number of hydrogen-bond donors (Lipinski definition) is 3. The number of carbonyl (C=O) groups excluding carboxylic acids is 2. The molecule has 0 aromatic heterocycles. The Balaban J connectivity index is 2.31. The Bertz CT molecular complexity index is 434. The van der Waals surface area contributed by atoms with Gasteiger partial charge in [0, 0.05) is 11.6 Å². The molecule has 1 aromatic rings. The molecule has 0 saturated carbocycles. The number of quaternary nitrogens is 1. The lowest BCUT2D eigenvalue weighted by molar-refractivity contribution is -0.682. The SMILES string of the molecule is CC[C@H](C)NC(=O)NC(=O)C[NH2+][C@H](C)c1ccccc1. The molecule has 0 radical (unpaired) electrons. The molecule has 3 amide bonds. The fourth-order valence-corrected chi connectivity index (χ4v) is 1.72. The fourth-order valence-electron chi connectivity index (χ4n) is 1.72. The van der Waals surface area contributed by atoms with Crippen molar-refractivity contribution in [1.82, 2.24) is 10.6 Å². The molecule has 0 aliphatic rings. The first-order valence-corrected chi connectivity index (χ1v) is 7.01. The first kappa shape index (κ1) is 16.2. The average molecular weight is 278 g/mol. The summed E-state index contributed by atoms with van der Waals surface area (Å²) in [6.45, 7) is 6.13. The van der Waals surface area contributed by atoms with Gasteiger partial charge < -0.3 is 10.6 Å². The van der Waals surface area contributed by atoms with Crippen molar-refractivity contribution in [2.75, 3.05) is 6.54 Å². The second kappa shape index (κ2) is 8.32. The zero-order valence-corrected chi connectivity index (χ0v) is 12.3. The van der Waals surface area contributed by atoms with E-state index in [0.717, 1.165) is 12.0 Å². The van der Waals surface area contributed by atoms with Crippen molar-refractivity contribution < 1.29 is 14.9 Å². The Kier molecular flexibility index (Phi) is 6.73. The molecule has 0 spiro atoms. The van der Waals surface area contributed by atoms with Crippen LogP contribution in [0, 0.1) is 0 Å². The van der Waals surface area contributed by atoms with Gasteiger partial charge in [0.25, 0.3) is 5.91 Å². The van der Waals surface area contributed by atoms with Crippen LogP contribution in [-0.2, 0) is 4.79 Å². The summed E-state index contributed by atoms with van der Waals surface area (Å²) in [5, 5.41) is 6.93. The van der Waals surface area contributed by atoms with E-state index in [-0.39, 0.29) is 24.5 Å². The highest BCUT2D eigenvalue weighted by atomic mass is 16.2. The summed E-state index contributed by atoms with van der Waals surface area (Å²) in [6.07, 6.45) is 0.832. The molecule has 1 aromatic carbocycles. The lowest BCUT2D eigenvalue weighted by Crippen LogP contribution is -2.87. The molecule has 0 fully saturated rings. The molecule has 0 bridgehead atoms. The van der Waals surface area contributed by atoms with E-state index < -0.39 is 6.03 Å². The Morgan fingerprint density at radius 3 is 2.45 bits per heavy atom. The first-order chi connectivity index (χ1) is 9.52. The van der Waals surface area contributed by atoms with Crippen molar-refractivity contribution >= 4 is 11.9 Å². The number of nitrogens with one attached hydrogen (secondary N) is 2. The van der Waals surface area contributed by atoms with E-state index in [1.165, 1.54) is 0 Å². The van der Waals surface area contributed by atoms with E-state index in [2.05, 4.69) is 10.6 Å². The fraction of sp³-hybridized carbons (Fsp3) is 0.467. The summed E-state index contributed by atoms with van der Waals surface area (Å²) < 4.78 is 0. The van der Waals surface area contributed by atoms with Crippen molar-refractivity contribution in [3.63, 3.8) is 0 Å². The van der Waals surface area contributed by atoms with Crippen molar-refractivity contribution in [3.8, 4) is 0 Å². The third kappa shape index (κ3) is 5.84. The molecular formula is C15H24N3O2+. The van der Waals surface area contributed by atoms with Gasteiger partial charge in [0.05, 0.1) is 0 Å². The van der Waals surface area contributed by atoms with E-state index in [1.807, 2.05) is 56.4 Å². The molecule has 0 aliphatic heterocycles. The van der Waals surface area contributed by atoms with Crippen LogP contribution in [0.3, 0.4) is 0 Å². The number of imide groups is 1. The highest BCUT2D eigenvalue weighted by Gasteiger charge is 2.14. The van der Waals surface area contributed by atoms with Crippen LogP contribution >= 0.6 is 0 Å². The van der Waals surface area contributed by atoms with E-state index >= 15 is 0 Å². The van der Waals surface area contributed by atoms with Gasteiger partial charge in [-0.2, -0.15) is 0 Å². The van der Waals surface area contributed by atoms with Crippen LogP contribution in [0.2, 0.25) is 0 Å². The summed E-state index contributed by atoms with van der Waals surface area (Å²) >= 11 is 0. The third-order valence-electron chi connectivity index (χ3n) is 3.22. The van der Waals surface area contributed by atoms with Gasteiger partial charge in [0.2, 0.25) is 0 Å². The molecule has 110 valence electrons. The molecule has 20 heavy (non-hydrogen) atoms. The van der Waals surface area contributed by atoms with E-state index in [1.54, 1.807) is 0 Å². The summed E-state index contributed by atoms with van der Waals surface area (Å²) in [5.41, 5.74) is 1.16. The maximum Gasteiger partial charge on any atom is 0.321 e. The zero-order valence-electron chi connectivity index (χ0n) is 12.3. The van der Waals surface area contributed by atoms with Gasteiger partial charge in [-0.25, -0.2) is 4.79 Å². The Labute approximate surface area is 120 Å². The predicted molar refractivity (Wildman–Crippen MR) is 78.1 cm³/mol. The molecule has 1 rings (SSSR count). The third-order valence-corrected chi connectivity index (χ3v) is 3.22. The maximum atomic E-state index is 11.7. The van der Waals surface area contributed by atoms with Crippen LogP contribution in [0.25, 0.3) is 0 Å². The number of carbonyl (C=O) groups is 2. The molecule has 5 nitrogen and oxygen atoms in total. The quantitative estimate of drug-likeness (QED) is 0.724. The van der Waals surface area contributed by atoms with Gasteiger partial charge in [0.15, 0.2) is 6.54 Å². The van der Waals surface area contributed by atoms with Crippen LogP contribution in [0.15, 0.2) is 30.3 Å². The van der Waals surface area contributed by atoms with Crippen LogP contribution in [0.5, 0.6) is 0 Å². The van der Waals surface area contributed by atoms with E-state index in [9.17, 15) is 9.59 Å². The van der Waals surface area contributed by atoms with Gasteiger partial charge >= 0.3 is 6.03 Å². The smallest absolute Gasteiger partial charge is 0.321 e. The molecule has 2 atom stereocenters. The Morgan fingerprint density at radius 1 is 1.20 bits per heavy atom. The number of benzene rings is 1. The Morgan fingerprint density at radius 2 is 1.85 bits per heavy atom. The minimum atomic E-state index is -0.426. The molecule has 0 unspecified atom stereocenters. The van der Waals surface area contributed by atoms with Gasteiger partial charge in [-0.3, -0.25) is 10.1 Å². The van der Waals surface area contributed by atoms with Crippen LogP contribution in [-0.4, -0.2) is 24.5 Å². The number of rotatable bonds is 6. The molecule has 0 aliphatic carbocycles. The Hall–Kier alpha value is -1.88. The monoisotopic (exact) mass is 278 g/mol. The summed E-state index contributed by atoms with van der Waals surface area (Å²) in [5.74, 6) is -0.284. The summed E-state index contributed by atoms with van der Waals surface area (Å²) in [7, 11) is 0. The van der Waals surface area contributed by atoms with Crippen LogP contribution in [0.4, 0.5) is 4.79 Å². The molecular weight excluding hydrogens is 254 g/mol. The molecule has 0 saturated heterocycles. The molecule has 5 heteroatoms. The van der Waals surface area contributed by atoms with Crippen molar-refractivity contribution in [2.45, 2.75) is 39.3 Å². The topological polar surface area (TPSA) is 74.8 Å².